The number of hydrogen-bond acceptors (Lipinski definition) is 4. The number of aliphatic carboxylic acids is 1. The van der Waals surface area contributed by atoms with Gasteiger partial charge in [-0.15, -0.1) is 0 Å². The standard InChI is InChI=1S/C16H14BrN5O3/c17-13-3-1-11(2-4-13)7-21-9-14(6-19-21)20-16(25)12-5-18-22(8-12)10-15(23)24/h1-6,8-9H,7,10H2,(H,20,25)(H,23,24). The Balaban J connectivity index is 1.62. The van der Waals surface area contributed by atoms with E-state index in [0.717, 1.165) is 10.0 Å². The van der Waals surface area contributed by atoms with Crippen molar-refractivity contribution in [1.29, 1.82) is 0 Å². The van der Waals surface area contributed by atoms with E-state index in [0.29, 0.717) is 12.2 Å². The Morgan fingerprint density at radius 2 is 1.80 bits per heavy atom. The normalized spacial score (nSPS) is 10.6. The minimum absolute atomic E-state index is 0.280. The fourth-order valence-electron chi connectivity index (χ4n) is 2.20. The predicted molar refractivity (Wildman–Crippen MR) is 93.3 cm³/mol. The van der Waals surface area contributed by atoms with Crippen LogP contribution in [0.2, 0.25) is 0 Å². The van der Waals surface area contributed by atoms with Crippen LogP contribution in [-0.2, 0) is 17.9 Å². The SMILES string of the molecule is O=C(O)Cn1cc(C(=O)Nc2cnn(Cc3ccc(Br)cc3)c2)cn1. The smallest absolute Gasteiger partial charge is 0.325 e. The molecular weight excluding hydrogens is 390 g/mol. The van der Waals surface area contributed by atoms with Crippen LogP contribution < -0.4 is 5.32 Å². The minimum Gasteiger partial charge on any atom is -0.480 e. The summed E-state index contributed by atoms with van der Waals surface area (Å²) in [7, 11) is 0. The predicted octanol–water partition coefficient (Wildman–Crippen LogP) is 2.23. The highest BCUT2D eigenvalue weighted by Crippen LogP contribution is 2.13. The van der Waals surface area contributed by atoms with E-state index >= 15 is 0 Å². The van der Waals surface area contributed by atoms with Crippen LogP contribution in [0.5, 0.6) is 0 Å². The lowest BCUT2D eigenvalue weighted by Gasteiger charge is -2.02. The van der Waals surface area contributed by atoms with Crippen LogP contribution in [0.15, 0.2) is 53.5 Å². The fraction of sp³-hybridized carbons (Fsp3) is 0.125. The molecule has 0 bridgehead atoms. The molecule has 0 fully saturated rings. The molecule has 0 aliphatic rings. The Bertz CT molecular complexity index is 901. The molecule has 0 radical (unpaired) electrons. The molecule has 128 valence electrons. The third-order valence-corrected chi connectivity index (χ3v) is 3.87. The third kappa shape index (κ3) is 4.54. The van der Waals surface area contributed by atoms with E-state index in [9.17, 15) is 9.59 Å². The Morgan fingerprint density at radius 1 is 1.08 bits per heavy atom. The number of carboxylic acid groups (broad SMARTS) is 1. The van der Waals surface area contributed by atoms with Crippen molar-refractivity contribution in [3.8, 4) is 0 Å². The number of carboxylic acids is 1. The number of carbonyl (C=O) groups is 2. The molecule has 0 atom stereocenters. The quantitative estimate of drug-likeness (QED) is 0.656. The van der Waals surface area contributed by atoms with Crippen LogP contribution in [0.25, 0.3) is 0 Å². The zero-order chi connectivity index (χ0) is 17.8. The zero-order valence-electron chi connectivity index (χ0n) is 13.0. The van der Waals surface area contributed by atoms with Crippen molar-refractivity contribution < 1.29 is 14.7 Å². The van der Waals surface area contributed by atoms with Crippen LogP contribution in [0.3, 0.4) is 0 Å². The maximum atomic E-state index is 12.2. The molecule has 0 unspecified atom stereocenters. The first-order chi connectivity index (χ1) is 12.0. The number of nitrogens with one attached hydrogen (secondary N) is 1. The molecule has 9 heteroatoms. The number of benzene rings is 1. The number of nitrogens with zero attached hydrogens (tertiary/aromatic N) is 4. The number of hydrogen-bond donors (Lipinski definition) is 2. The number of anilines is 1. The van der Waals surface area contributed by atoms with Gasteiger partial charge in [-0.05, 0) is 17.7 Å². The van der Waals surface area contributed by atoms with Gasteiger partial charge in [0.2, 0.25) is 0 Å². The molecule has 1 amide bonds. The first kappa shape index (κ1) is 16.9. The second-order valence-electron chi connectivity index (χ2n) is 5.33. The van der Waals surface area contributed by atoms with Crippen LogP contribution in [0.4, 0.5) is 5.69 Å². The van der Waals surface area contributed by atoms with Gasteiger partial charge in [-0.2, -0.15) is 10.2 Å². The molecule has 2 heterocycles. The van der Waals surface area contributed by atoms with Crippen molar-refractivity contribution in [3.05, 3.63) is 64.7 Å². The number of rotatable bonds is 6. The van der Waals surface area contributed by atoms with E-state index in [-0.39, 0.29) is 18.0 Å². The molecule has 0 aliphatic carbocycles. The maximum Gasteiger partial charge on any atom is 0.325 e. The highest BCUT2D eigenvalue weighted by molar-refractivity contribution is 9.10. The fourth-order valence-corrected chi connectivity index (χ4v) is 2.46. The van der Waals surface area contributed by atoms with Crippen LogP contribution in [-0.4, -0.2) is 36.5 Å². The summed E-state index contributed by atoms with van der Waals surface area (Å²) >= 11 is 3.39. The summed E-state index contributed by atoms with van der Waals surface area (Å²) in [6.07, 6.45) is 5.99. The molecule has 0 saturated carbocycles. The zero-order valence-corrected chi connectivity index (χ0v) is 14.5. The van der Waals surface area contributed by atoms with Gasteiger partial charge in [-0.25, -0.2) is 0 Å². The molecule has 0 saturated heterocycles. The molecule has 8 nitrogen and oxygen atoms in total. The largest absolute Gasteiger partial charge is 0.480 e. The summed E-state index contributed by atoms with van der Waals surface area (Å²) in [6.45, 7) is 0.290. The van der Waals surface area contributed by atoms with Gasteiger partial charge in [0.25, 0.3) is 5.91 Å². The molecule has 3 aromatic rings. The van der Waals surface area contributed by atoms with E-state index in [1.165, 1.54) is 17.1 Å². The van der Waals surface area contributed by atoms with Gasteiger partial charge in [0.15, 0.2) is 0 Å². The van der Waals surface area contributed by atoms with Crippen molar-refractivity contribution in [2.75, 3.05) is 5.32 Å². The van der Waals surface area contributed by atoms with Crippen LogP contribution in [0, 0.1) is 0 Å². The Hall–Kier alpha value is -2.94. The molecule has 2 aromatic heterocycles. The average Bonchev–Trinajstić information content (AvgIpc) is 3.19. The van der Waals surface area contributed by atoms with E-state index < -0.39 is 5.97 Å². The molecule has 3 rings (SSSR count). The summed E-state index contributed by atoms with van der Waals surface area (Å²) in [5, 5.41) is 19.5. The Labute approximate surface area is 151 Å². The highest BCUT2D eigenvalue weighted by Gasteiger charge is 2.11. The molecule has 0 aliphatic heterocycles. The molecule has 1 aromatic carbocycles. The third-order valence-electron chi connectivity index (χ3n) is 3.34. The minimum atomic E-state index is -1.02. The van der Waals surface area contributed by atoms with Gasteiger partial charge in [0.1, 0.15) is 6.54 Å². The first-order valence-electron chi connectivity index (χ1n) is 7.32. The van der Waals surface area contributed by atoms with E-state index in [4.69, 9.17) is 5.11 Å². The molecule has 0 spiro atoms. The molecular formula is C16H14BrN5O3. The van der Waals surface area contributed by atoms with E-state index in [2.05, 4.69) is 31.4 Å². The van der Waals surface area contributed by atoms with Crippen molar-refractivity contribution in [2.24, 2.45) is 0 Å². The van der Waals surface area contributed by atoms with Gasteiger partial charge in [0, 0.05) is 16.9 Å². The van der Waals surface area contributed by atoms with Crippen LogP contribution in [0.1, 0.15) is 15.9 Å². The lowest BCUT2D eigenvalue weighted by Crippen LogP contribution is -2.11. The van der Waals surface area contributed by atoms with Crippen molar-refractivity contribution in [1.82, 2.24) is 19.6 Å². The highest BCUT2D eigenvalue weighted by atomic mass is 79.9. The first-order valence-corrected chi connectivity index (χ1v) is 8.11. The summed E-state index contributed by atoms with van der Waals surface area (Å²) in [5.41, 5.74) is 1.91. The van der Waals surface area contributed by atoms with Gasteiger partial charge in [-0.1, -0.05) is 28.1 Å². The second-order valence-corrected chi connectivity index (χ2v) is 6.24. The number of amides is 1. The summed E-state index contributed by atoms with van der Waals surface area (Å²) in [5.74, 6) is -1.40. The van der Waals surface area contributed by atoms with Gasteiger partial charge < -0.3 is 10.4 Å². The maximum absolute atomic E-state index is 12.2. The topological polar surface area (TPSA) is 102 Å². The van der Waals surface area contributed by atoms with Crippen molar-refractivity contribution in [2.45, 2.75) is 13.1 Å². The molecule has 2 N–H and O–H groups in total. The Morgan fingerprint density at radius 3 is 2.52 bits per heavy atom. The molecule has 25 heavy (non-hydrogen) atoms. The summed E-state index contributed by atoms with van der Waals surface area (Å²) in [6, 6.07) is 7.88. The van der Waals surface area contributed by atoms with Crippen LogP contribution >= 0.6 is 15.9 Å². The number of halogens is 1. The van der Waals surface area contributed by atoms with E-state index in [1.54, 1.807) is 17.1 Å². The van der Waals surface area contributed by atoms with Gasteiger partial charge >= 0.3 is 5.97 Å². The monoisotopic (exact) mass is 403 g/mol. The summed E-state index contributed by atoms with van der Waals surface area (Å²) < 4.78 is 3.91. The number of carbonyl (C=O) groups excluding carboxylic acids is 1. The van der Waals surface area contributed by atoms with Gasteiger partial charge in [-0.3, -0.25) is 19.0 Å². The average molecular weight is 404 g/mol. The lowest BCUT2D eigenvalue weighted by molar-refractivity contribution is -0.137. The number of aromatic nitrogens is 4. The second kappa shape index (κ2) is 7.31. The van der Waals surface area contributed by atoms with Crippen molar-refractivity contribution in [3.63, 3.8) is 0 Å². The van der Waals surface area contributed by atoms with E-state index in [1.807, 2.05) is 24.3 Å². The van der Waals surface area contributed by atoms with Crippen molar-refractivity contribution >= 4 is 33.5 Å². The lowest BCUT2D eigenvalue weighted by atomic mass is 10.2. The summed E-state index contributed by atoms with van der Waals surface area (Å²) in [4.78, 5) is 22.8. The Kier molecular flexibility index (Phi) is 4.94. The van der Waals surface area contributed by atoms with Gasteiger partial charge in [0.05, 0.1) is 30.2 Å².